The van der Waals surface area contributed by atoms with Gasteiger partial charge in [0.25, 0.3) is 10.0 Å². The molecule has 0 aliphatic rings. The summed E-state index contributed by atoms with van der Waals surface area (Å²) in [5.74, 6) is 0. The van der Waals surface area contributed by atoms with E-state index in [1.165, 1.54) is 18.2 Å². The Labute approximate surface area is 222 Å². The Morgan fingerprint density at radius 2 is 1.41 bits per heavy atom. The van der Waals surface area contributed by atoms with E-state index in [0.29, 0.717) is 26.5 Å². The first-order chi connectivity index (χ1) is 17.4. The predicted molar refractivity (Wildman–Crippen MR) is 146 cm³/mol. The molecule has 0 unspecified atom stereocenters. The summed E-state index contributed by atoms with van der Waals surface area (Å²) < 4.78 is 39.3. The van der Waals surface area contributed by atoms with Crippen molar-refractivity contribution in [2.45, 2.75) is 4.90 Å². The van der Waals surface area contributed by atoms with Crippen LogP contribution in [0.5, 0.6) is 0 Å². The van der Waals surface area contributed by atoms with Crippen LogP contribution in [0.3, 0.4) is 0 Å². The standard InChI is InChI=1S/C24H20Cl2N3O6PS/c25-18-12-19(26)14-23(13-18)37(34,35)29(15-36(31,32)33)22-9-7-16-10-21(8-6-17(16)11-22)28-24(30)27-20-4-2-1-3-5-20/h1-14H,15H2,(H2,27,28,30)(H2,31,32,33). The normalized spacial score (nSPS) is 11.8. The van der Waals surface area contributed by atoms with Crippen LogP contribution in [0.2, 0.25) is 10.0 Å². The second-order valence-corrected chi connectivity index (χ2v) is 12.3. The van der Waals surface area contributed by atoms with Crippen molar-refractivity contribution in [2.75, 3.05) is 21.2 Å². The molecule has 9 nitrogen and oxygen atoms in total. The topological polar surface area (TPSA) is 136 Å². The zero-order valence-electron chi connectivity index (χ0n) is 18.9. The molecule has 192 valence electrons. The van der Waals surface area contributed by atoms with Gasteiger partial charge in [0.15, 0.2) is 0 Å². The molecule has 0 aliphatic carbocycles. The average molecular weight is 580 g/mol. The summed E-state index contributed by atoms with van der Waals surface area (Å²) in [4.78, 5) is 31.2. The maximum Gasteiger partial charge on any atom is 0.345 e. The van der Waals surface area contributed by atoms with Crippen LogP contribution in [0.15, 0.2) is 89.8 Å². The van der Waals surface area contributed by atoms with Crippen molar-refractivity contribution >= 4 is 74.7 Å². The molecular formula is C24H20Cl2N3O6PS. The molecule has 0 saturated heterocycles. The van der Waals surface area contributed by atoms with Gasteiger partial charge in [0.2, 0.25) is 0 Å². The molecule has 0 saturated carbocycles. The fourth-order valence-corrected chi connectivity index (χ4v) is 6.96. The van der Waals surface area contributed by atoms with E-state index in [1.807, 2.05) is 6.07 Å². The average Bonchev–Trinajstić information content (AvgIpc) is 2.81. The van der Waals surface area contributed by atoms with E-state index in [0.717, 1.165) is 12.1 Å². The number of anilines is 3. The number of carbonyl (C=O) groups is 1. The molecule has 2 amide bonds. The first kappa shape index (κ1) is 26.9. The zero-order chi connectivity index (χ0) is 26.8. The molecule has 0 spiro atoms. The smallest absolute Gasteiger partial charge is 0.323 e. The molecule has 0 atom stereocenters. The number of fused-ring (bicyclic) bond motifs is 1. The summed E-state index contributed by atoms with van der Waals surface area (Å²) in [7, 11) is -9.26. The van der Waals surface area contributed by atoms with E-state index in [-0.39, 0.29) is 20.6 Å². The van der Waals surface area contributed by atoms with Crippen LogP contribution in [0.25, 0.3) is 10.8 Å². The summed E-state index contributed by atoms with van der Waals surface area (Å²) in [6.45, 7) is 0. The molecule has 0 aromatic heterocycles. The number of benzene rings is 4. The number of sulfonamides is 1. The second kappa shape index (κ2) is 10.7. The lowest BCUT2D eigenvalue weighted by Crippen LogP contribution is -2.32. The molecule has 4 aromatic rings. The second-order valence-electron chi connectivity index (χ2n) is 7.96. The highest BCUT2D eigenvalue weighted by Gasteiger charge is 2.31. The van der Waals surface area contributed by atoms with Crippen molar-refractivity contribution in [3.63, 3.8) is 0 Å². The summed E-state index contributed by atoms with van der Waals surface area (Å²) >= 11 is 11.9. The number of urea groups is 1. The minimum Gasteiger partial charge on any atom is -0.323 e. The number of carbonyl (C=O) groups excluding carboxylic acids is 1. The van der Waals surface area contributed by atoms with E-state index in [4.69, 9.17) is 23.2 Å². The molecule has 0 heterocycles. The Hall–Kier alpha value is -3.11. The lowest BCUT2D eigenvalue weighted by Gasteiger charge is -2.25. The first-order valence-corrected chi connectivity index (χ1v) is 14.6. The number of amides is 2. The van der Waals surface area contributed by atoms with Crippen molar-refractivity contribution in [3.05, 3.63) is 95.0 Å². The van der Waals surface area contributed by atoms with Gasteiger partial charge in [-0.05, 0) is 65.4 Å². The summed E-state index contributed by atoms with van der Waals surface area (Å²) in [6, 6.07) is 21.5. The third kappa shape index (κ3) is 6.81. The van der Waals surface area contributed by atoms with Gasteiger partial charge in [-0.15, -0.1) is 0 Å². The fraction of sp³-hybridized carbons (Fsp3) is 0.0417. The Bertz CT molecular complexity index is 1610. The number of para-hydroxylation sites is 1. The Morgan fingerprint density at radius 3 is 2.05 bits per heavy atom. The lowest BCUT2D eigenvalue weighted by molar-refractivity contribution is 0.262. The molecular weight excluding hydrogens is 560 g/mol. The van der Waals surface area contributed by atoms with Crippen molar-refractivity contribution < 1.29 is 27.6 Å². The van der Waals surface area contributed by atoms with Crippen LogP contribution < -0.4 is 14.9 Å². The number of hydrogen-bond acceptors (Lipinski definition) is 4. The summed E-state index contributed by atoms with van der Waals surface area (Å²) in [5.41, 5.74) is 1.13. The largest absolute Gasteiger partial charge is 0.345 e. The van der Waals surface area contributed by atoms with Crippen LogP contribution in [0, 0.1) is 0 Å². The van der Waals surface area contributed by atoms with Crippen LogP contribution in [-0.2, 0) is 14.6 Å². The molecule has 0 bridgehead atoms. The maximum atomic E-state index is 13.4. The van der Waals surface area contributed by atoms with Gasteiger partial charge in [-0.1, -0.05) is 53.5 Å². The van der Waals surface area contributed by atoms with Crippen LogP contribution in [0.1, 0.15) is 0 Å². The number of nitrogens with zero attached hydrogens (tertiary/aromatic N) is 1. The number of rotatable bonds is 7. The molecule has 4 rings (SSSR count). The predicted octanol–water partition coefficient (Wildman–Crippen LogP) is 6.12. The molecule has 37 heavy (non-hydrogen) atoms. The SMILES string of the molecule is O=C(Nc1ccccc1)Nc1ccc2cc(N(CP(=O)(O)O)S(=O)(=O)c3cc(Cl)cc(Cl)c3)ccc2c1. The Morgan fingerprint density at radius 1 is 0.811 bits per heavy atom. The number of hydrogen-bond donors (Lipinski definition) is 4. The van der Waals surface area contributed by atoms with Crippen LogP contribution >= 0.6 is 30.8 Å². The fourth-order valence-electron chi connectivity index (χ4n) is 3.55. The van der Waals surface area contributed by atoms with Crippen LogP contribution in [0.4, 0.5) is 21.9 Å². The molecule has 0 aliphatic heterocycles. The summed E-state index contributed by atoms with van der Waals surface area (Å²) in [5, 5.41) is 6.76. The maximum absolute atomic E-state index is 13.4. The minimum absolute atomic E-state index is 0.0226. The zero-order valence-corrected chi connectivity index (χ0v) is 22.1. The van der Waals surface area contributed by atoms with Gasteiger partial charge in [0.1, 0.15) is 6.29 Å². The first-order valence-electron chi connectivity index (χ1n) is 10.6. The van der Waals surface area contributed by atoms with Crippen molar-refractivity contribution in [1.82, 2.24) is 0 Å². The molecule has 0 radical (unpaired) electrons. The Balaban J connectivity index is 1.65. The van der Waals surface area contributed by atoms with Crippen molar-refractivity contribution in [2.24, 2.45) is 0 Å². The van der Waals surface area contributed by atoms with Crippen molar-refractivity contribution in [1.29, 1.82) is 0 Å². The molecule has 4 aromatic carbocycles. The van der Waals surface area contributed by atoms with E-state index < -0.39 is 29.9 Å². The van der Waals surface area contributed by atoms with Gasteiger partial charge >= 0.3 is 13.6 Å². The van der Waals surface area contributed by atoms with Crippen molar-refractivity contribution in [3.8, 4) is 0 Å². The third-order valence-corrected chi connectivity index (χ3v) is 8.17. The molecule has 4 N–H and O–H groups in total. The lowest BCUT2D eigenvalue weighted by atomic mass is 10.1. The van der Waals surface area contributed by atoms with Gasteiger partial charge in [-0.3, -0.25) is 8.87 Å². The van der Waals surface area contributed by atoms with Gasteiger partial charge in [0.05, 0.1) is 10.6 Å². The van der Waals surface area contributed by atoms with E-state index in [1.54, 1.807) is 48.5 Å². The molecule has 13 heteroatoms. The van der Waals surface area contributed by atoms with Gasteiger partial charge in [-0.2, -0.15) is 0 Å². The highest BCUT2D eigenvalue weighted by atomic mass is 35.5. The van der Waals surface area contributed by atoms with Gasteiger partial charge in [0, 0.05) is 21.4 Å². The third-order valence-electron chi connectivity index (χ3n) is 5.14. The monoisotopic (exact) mass is 579 g/mol. The number of halogens is 2. The van der Waals surface area contributed by atoms with Crippen LogP contribution in [-0.4, -0.2) is 30.5 Å². The minimum atomic E-state index is -4.81. The van der Waals surface area contributed by atoms with E-state index in [2.05, 4.69) is 10.6 Å². The Kier molecular flexibility index (Phi) is 7.80. The summed E-state index contributed by atoms with van der Waals surface area (Å²) in [6.07, 6.45) is -1.09. The quantitative estimate of drug-likeness (QED) is 0.195. The number of nitrogens with one attached hydrogen (secondary N) is 2. The van der Waals surface area contributed by atoms with E-state index in [9.17, 15) is 27.6 Å². The van der Waals surface area contributed by atoms with E-state index >= 15 is 0 Å². The van der Waals surface area contributed by atoms with Gasteiger partial charge in [-0.25, -0.2) is 13.2 Å². The highest BCUT2D eigenvalue weighted by molar-refractivity contribution is 7.93. The highest BCUT2D eigenvalue weighted by Crippen LogP contribution is 2.40. The van der Waals surface area contributed by atoms with Gasteiger partial charge < -0.3 is 20.4 Å². The molecule has 0 fully saturated rings.